The number of alkyl halides is 3. The first kappa shape index (κ1) is 15.1. The van der Waals surface area contributed by atoms with Crippen molar-refractivity contribution in [1.29, 1.82) is 0 Å². The van der Waals surface area contributed by atoms with Gasteiger partial charge >= 0.3 is 6.18 Å². The molecule has 96 valence electrons. The normalized spacial score (nSPS) is 13.6. The van der Waals surface area contributed by atoms with Crippen molar-refractivity contribution < 1.29 is 32.5 Å². The lowest BCUT2D eigenvalue weighted by molar-refractivity contribution is -0.175. The van der Waals surface area contributed by atoms with Crippen LogP contribution in [0, 0.1) is 0 Å². The van der Waals surface area contributed by atoms with Gasteiger partial charge in [0.2, 0.25) is 5.91 Å². The number of aliphatic hydroxyl groups is 1. The molecule has 1 unspecified atom stereocenters. The summed E-state index contributed by atoms with van der Waals surface area (Å²) in [5.41, 5.74) is 0. The van der Waals surface area contributed by atoms with Crippen molar-refractivity contribution in [1.82, 2.24) is 5.32 Å². The van der Waals surface area contributed by atoms with E-state index < -0.39 is 31.4 Å². The molecule has 5 nitrogen and oxygen atoms in total. The Kier molecular flexibility index (Phi) is 7.02. The maximum absolute atomic E-state index is 11.6. The molecular weight excluding hydrogens is 231 g/mol. The van der Waals surface area contributed by atoms with Crippen molar-refractivity contribution in [3.05, 3.63) is 0 Å². The number of hydrogen-bond donors (Lipinski definition) is 2. The molecule has 0 fully saturated rings. The summed E-state index contributed by atoms with van der Waals surface area (Å²) in [4.78, 5) is 10.9. The zero-order valence-electron chi connectivity index (χ0n) is 8.71. The fourth-order valence-electron chi connectivity index (χ4n) is 0.793. The molecule has 0 aromatic heterocycles. The van der Waals surface area contributed by atoms with Crippen LogP contribution >= 0.6 is 0 Å². The average molecular weight is 245 g/mol. The fourth-order valence-corrected chi connectivity index (χ4v) is 0.793. The van der Waals surface area contributed by atoms with Crippen molar-refractivity contribution >= 4 is 5.91 Å². The number of nitrogens with one attached hydrogen (secondary N) is 1. The Balaban J connectivity index is 3.52. The van der Waals surface area contributed by atoms with Gasteiger partial charge in [-0.05, 0) is 0 Å². The van der Waals surface area contributed by atoms with Crippen LogP contribution in [0.1, 0.15) is 0 Å². The third-order valence-corrected chi connectivity index (χ3v) is 1.39. The van der Waals surface area contributed by atoms with Gasteiger partial charge in [-0.25, -0.2) is 0 Å². The first-order chi connectivity index (χ1) is 7.35. The van der Waals surface area contributed by atoms with E-state index in [4.69, 9.17) is 5.11 Å². The van der Waals surface area contributed by atoms with Crippen LogP contribution in [-0.4, -0.2) is 56.8 Å². The lowest BCUT2D eigenvalue weighted by atomic mass is 10.4. The van der Waals surface area contributed by atoms with Gasteiger partial charge in [0.05, 0.1) is 12.7 Å². The highest BCUT2D eigenvalue weighted by molar-refractivity contribution is 5.77. The van der Waals surface area contributed by atoms with Crippen LogP contribution in [0.5, 0.6) is 0 Å². The second-order valence-corrected chi connectivity index (χ2v) is 3.02. The zero-order valence-corrected chi connectivity index (χ0v) is 8.71. The van der Waals surface area contributed by atoms with E-state index >= 15 is 0 Å². The summed E-state index contributed by atoms with van der Waals surface area (Å²) < 4.78 is 43.5. The van der Waals surface area contributed by atoms with Crippen LogP contribution in [0.3, 0.4) is 0 Å². The van der Waals surface area contributed by atoms with Gasteiger partial charge in [0.1, 0.15) is 13.2 Å². The molecule has 0 saturated heterocycles. The minimum atomic E-state index is -4.45. The van der Waals surface area contributed by atoms with Gasteiger partial charge in [-0.1, -0.05) is 0 Å². The van der Waals surface area contributed by atoms with Crippen molar-refractivity contribution in [3.63, 3.8) is 0 Å². The second-order valence-electron chi connectivity index (χ2n) is 3.02. The van der Waals surface area contributed by atoms with Crippen molar-refractivity contribution in [3.8, 4) is 0 Å². The van der Waals surface area contributed by atoms with E-state index in [9.17, 15) is 18.0 Å². The smallest absolute Gasteiger partial charge is 0.389 e. The number of carbonyl (C=O) groups is 1. The van der Waals surface area contributed by atoms with Crippen LogP contribution < -0.4 is 5.32 Å². The Hall–Kier alpha value is -0.860. The van der Waals surface area contributed by atoms with E-state index in [0.717, 1.165) is 0 Å². The molecule has 1 amide bonds. The number of methoxy groups -OCH3 is 1. The highest BCUT2D eigenvalue weighted by Gasteiger charge is 2.27. The summed E-state index contributed by atoms with van der Waals surface area (Å²) in [5, 5.41) is 11.3. The molecule has 0 spiro atoms. The van der Waals surface area contributed by atoms with Gasteiger partial charge in [0.25, 0.3) is 0 Å². The lowest BCUT2D eigenvalue weighted by Crippen LogP contribution is -2.37. The molecule has 0 radical (unpaired) electrons. The quantitative estimate of drug-likeness (QED) is 0.645. The van der Waals surface area contributed by atoms with Gasteiger partial charge in [-0.2, -0.15) is 13.2 Å². The average Bonchev–Trinajstić information content (AvgIpc) is 2.13. The van der Waals surface area contributed by atoms with E-state index in [-0.39, 0.29) is 13.2 Å². The maximum atomic E-state index is 11.6. The molecule has 0 aromatic rings. The topological polar surface area (TPSA) is 67.8 Å². The summed E-state index contributed by atoms with van der Waals surface area (Å²) in [6.07, 6.45) is -5.34. The third-order valence-electron chi connectivity index (χ3n) is 1.39. The highest BCUT2D eigenvalue weighted by Crippen LogP contribution is 2.13. The molecule has 1 atom stereocenters. The monoisotopic (exact) mass is 245 g/mol. The fraction of sp³-hybridized carbons (Fsp3) is 0.875. The number of hydrogen-bond acceptors (Lipinski definition) is 4. The lowest BCUT2D eigenvalue weighted by Gasteiger charge is -2.11. The molecule has 0 rings (SSSR count). The first-order valence-electron chi connectivity index (χ1n) is 4.43. The van der Waals surface area contributed by atoms with Gasteiger partial charge < -0.3 is 19.9 Å². The maximum Gasteiger partial charge on any atom is 0.411 e. The predicted molar refractivity (Wildman–Crippen MR) is 47.8 cm³/mol. The van der Waals surface area contributed by atoms with Gasteiger partial charge in [0.15, 0.2) is 0 Å². The molecule has 0 heterocycles. The molecule has 0 aliphatic carbocycles. The van der Waals surface area contributed by atoms with Crippen LogP contribution in [-0.2, 0) is 14.3 Å². The number of aliphatic hydroxyl groups excluding tert-OH is 1. The molecule has 0 saturated carbocycles. The minimum absolute atomic E-state index is 0.0314. The van der Waals surface area contributed by atoms with Crippen molar-refractivity contribution in [2.24, 2.45) is 0 Å². The summed E-state index contributed by atoms with van der Waals surface area (Å²) in [6.45, 7) is -2.23. The van der Waals surface area contributed by atoms with E-state index in [1.807, 2.05) is 0 Å². The van der Waals surface area contributed by atoms with E-state index in [1.165, 1.54) is 7.11 Å². The summed E-state index contributed by atoms with van der Waals surface area (Å²) in [5.74, 6) is -0.723. The Morgan fingerprint density at radius 2 is 2.12 bits per heavy atom. The molecule has 2 N–H and O–H groups in total. The molecule has 16 heavy (non-hydrogen) atoms. The van der Waals surface area contributed by atoms with E-state index in [2.05, 4.69) is 14.8 Å². The largest absolute Gasteiger partial charge is 0.411 e. The predicted octanol–water partition coefficient (Wildman–Crippen LogP) is -0.311. The van der Waals surface area contributed by atoms with E-state index in [0.29, 0.717) is 0 Å². The van der Waals surface area contributed by atoms with Gasteiger partial charge in [0, 0.05) is 13.7 Å². The molecule has 0 aromatic carbocycles. The number of ether oxygens (including phenoxy) is 2. The van der Waals surface area contributed by atoms with Crippen molar-refractivity contribution in [2.45, 2.75) is 12.3 Å². The number of halogens is 3. The second kappa shape index (κ2) is 7.42. The first-order valence-corrected chi connectivity index (χ1v) is 4.43. The summed E-state index contributed by atoms with van der Waals surface area (Å²) in [7, 11) is 1.37. The molecule has 0 aliphatic heterocycles. The van der Waals surface area contributed by atoms with Crippen LogP contribution in [0.25, 0.3) is 0 Å². The molecular formula is C8H14F3NO4. The number of rotatable bonds is 7. The summed E-state index contributed by atoms with van der Waals surface area (Å²) >= 11 is 0. The van der Waals surface area contributed by atoms with Crippen molar-refractivity contribution in [2.75, 3.05) is 33.5 Å². The Labute approximate surface area is 90.5 Å². The van der Waals surface area contributed by atoms with Crippen LogP contribution in [0.4, 0.5) is 13.2 Å². The third kappa shape index (κ3) is 9.69. The Morgan fingerprint density at radius 3 is 2.62 bits per heavy atom. The van der Waals surface area contributed by atoms with Crippen LogP contribution in [0.15, 0.2) is 0 Å². The SMILES string of the molecule is COCC(O)CNC(=O)COCC(F)(F)F. The molecule has 0 aliphatic rings. The van der Waals surface area contributed by atoms with E-state index in [1.54, 1.807) is 0 Å². The highest BCUT2D eigenvalue weighted by atomic mass is 19.4. The molecule has 8 heteroatoms. The number of amides is 1. The van der Waals surface area contributed by atoms with Gasteiger partial charge in [-0.15, -0.1) is 0 Å². The Morgan fingerprint density at radius 1 is 1.50 bits per heavy atom. The molecule has 0 bridgehead atoms. The zero-order chi connectivity index (χ0) is 12.6. The standard InChI is InChI=1S/C8H14F3NO4/c1-15-3-6(13)2-12-7(14)4-16-5-8(9,10)11/h6,13H,2-5H2,1H3,(H,12,14). The minimum Gasteiger partial charge on any atom is -0.389 e. The Bertz CT molecular complexity index is 210. The number of carbonyl (C=O) groups excluding carboxylic acids is 1. The van der Waals surface area contributed by atoms with Crippen LogP contribution in [0.2, 0.25) is 0 Å². The van der Waals surface area contributed by atoms with Gasteiger partial charge in [-0.3, -0.25) is 4.79 Å². The summed E-state index contributed by atoms with van der Waals surface area (Å²) in [6, 6.07) is 0.